The Labute approximate surface area is 121 Å². The number of piperazine rings is 1. The Morgan fingerprint density at radius 1 is 1.16 bits per heavy atom. The van der Waals surface area contributed by atoms with E-state index in [1.54, 1.807) is 0 Å². The lowest BCUT2D eigenvalue weighted by Crippen LogP contribution is -2.42. The summed E-state index contributed by atoms with van der Waals surface area (Å²) in [6.07, 6.45) is 4.08. The molecule has 2 aromatic rings. The molecule has 0 saturated carbocycles. The molecule has 1 aromatic heterocycles. The van der Waals surface area contributed by atoms with Crippen LogP contribution in [0.4, 0.5) is 0 Å². The second kappa shape index (κ2) is 5.86. The summed E-state index contributed by atoms with van der Waals surface area (Å²) in [4.78, 5) is 2.46. The van der Waals surface area contributed by atoms with Gasteiger partial charge in [0.1, 0.15) is 0 Å². The number of rotatable bonds is 3. The van der Waals surface area contributed by atoms with Gasteiger partial charge in [0.05, 0.1) is 11.9 Å². The van der Waals surface area contributed by atoms with Gasteiger partial charge in [-0.2, -0.15) is 5.10 Å². The summed E-state index contributed by atoms with van der Waals surface area (Å²) < 4.78 is 3.02. The fraction of sp³-hybridized carbons (Fsp3) is 0.357. The minimum atomic E-state index is 0.984. The molecule has 0 unspecified atom stereocenters. The van der Waals surface area contributed by atoms with Crippen LogP contribution in [0.5, 0.6) is 0 Å². The van der Waals surface area contributed by atoms with Crippen LogP contribution < -0.4 is 5.32 Å². The highest BCUT2D eigenvalue weighted by Crippen LogP contribution is 2.14. The minimum Gasteiger partial charge on any atom is -0.314 e. The van der Waals surface area contributed by atoms with Crippen LogP contribution in [0, 0.1) is 0 Å². The Balaban J connectivity index is 1.70. The average Bonchev–Trinajstić information content (AvgIpc) is 2.89. The zero-order valence-corrected chi connectivity index (χ0v) is 12.3. The molecule has 0 spiro atoms. The van der Waals surface area contributed by atoms with Gasteiger partial charge in [0.25, 0.3) is 0 Å². The number of benzene rings is 1. The van der Waals surface area contributed by atoms with Crippen LogP contribution in [0.15, 0.2) is 41.1 Å². The number of nitrogens with one attached hydrogen (secondary N) is 1. The van der Waals surface area contributed by atoms with Crippen LogP contribution in [0.3, 0.4) is 0 Å². The van der Waals surface area contributed by atoms with Crippen LogP contribution in [0.2, 0.25) is 0 Å². The van der Waals surface area contributed by atoms with E-state index in [1.165, 1.54) is 5.56 Å². The van der Waals surface area contributed by atoms with E-state index in [1.807, 2.05) is 23.0 Å². The lowest BCUT2D eigenvalue weighted by Gasteiger charge is -2.26. The molecule has 0 radical (unpaired) electrons. The van der Waals surface area contributed by atoms with E-state index in [4.69, 9.17) is 0 Å². The summed E-state index contributed by atoms with van der Waals surface area (Å²) in [6.45, 7) is 5.38. The van der Waals surface area contributed by atoms with Crippen molar-refractivity contribution in [1.29, 1.82) is 0 Å². The van der Waals surface area contributed by atoms with Crippen LogP contribution in [0.1, 0.15) is 5.56 Å². The molecule has 3 rings (SSSR count). The smallest absolute Gasteiger partial charge is 0.0646 e. The molecule has 5 heteroatoms. The molecule has 100 valence electrons. The molecule has 1 fully saturated rings. The van der Waals surface area contributed by atoms with Gasteiger partial charge in [0.15, 0.2) is 0 Å². The quantitative estimate of drug-likeness (QED) is 0.939. The summed E-state index contributed by atoms with van der Waals surface area (Å²) in [6, 6.07) is 8.19. The third kappa shape index (κ3) is 3.23. The van der Waals surface area contributed by atoms with Crippen LogP contribution in [-0.2, 0) is 6.54 Å². The Bertz CT molecular complexity index is 529. The van der Waals surface area contributed by atoms with Crippen molar-refractivity contribution in [1.82, 2.24) is 20.0 Å². The number of nitrogens with zero attached hydrogens (tertiary/aromatic N) is 3. The van der Waals surface area contributed by atoms with Crippen molar-refractivity contribution in [2.75, 3.05) is 26.2 Å². The number of aromatic nitrogens is 2. The summed E-state index contributed by atoms with van der Waals surface area (Å²) in [5.41, 5.74) is 2.36. The maximum absolute atomic E-state index is 4.44. The fourth-order valence-corrected chi connectivity index (χ4v) is 2.57. The minimum absolute atomic E-state index is 0.984. The monoisotopic (exact) mass is 320 g/mol. The lowest BCUT2D eigenvalue weighted by atomic mass is 10.3. The van der Waals surface area contributed by atoms with E-state index in [9.17, 15) is 0 Å². The van der Waals surface area contributed by atoms with Gasteiger partial charge in [-0.1, -0.05) is 15.9 Å². The van der Waals surface area contributed by atoms with Crippen molar-refractivity contribution in [3.8, 4) is 5.69 Å². The van der Waals surface area contributed by atoms with Crippen LogP contribution in [-0.4, -0.2) is 40.9 Å². The predicted molar refractivity (Wildman–Crippen MR) is 79.4 cm³/mol. The normalized spacial score (nSPS) is 16.7. The Morgan fingerprint density at radius 2 is 1.89 bits per heavy atom. The Hall–Kier alpha value is -1.17. The van der Waals surface area contributed by atoms with Crippen molar-refractivity contribution < 1.29 is 0 Å². The molecular weight excluding hydrogens is 304 g/mol. The van der Waals surface area contributed by atoms with E-state index >= 15 is 0 Å². The summed E-state index contributed by atoms with van der Waals surface area (Å²) in [5, 5.41) is 7.81. The largest absolute Gasteiger partial charge is 0.314 e. The third-order valence-corrected chi connectivity index (χ3v) is 3.87. The third-order valence-electron chi connectivity index (χ3n) is 3.34. The first-order valence-electron chi connectivity index (χ1n) is 6.54. The first-order chi connectivity index (χ1) is 9.31. The fourth-order valence-electron chi connectivity index (χ4n) is 2.30. The van der Waals surface area contributed by atoms with E-state index in [0.717, 1.165) is 42.9 Å². The maximum Gasteiger partial charge on any atom is 0.0646 e. The standard InChI is InChI=1S/C14H17BrN4/c15-13-1-3-14(4-2-13)19-11-12(9-17-19)10-18-7-5-16-6-8-18/h1-4,9,11,16H,5-8,10H2. The molecular formula is C14H17BrN4. The molecule has 1 aliphatic heterocycles. The highest BCUT2D eigenvalue weighted by atomic mass is 79.9. The van der Waals surface area contributed by atoms with E-state index in [0.29, 0.717) is 0 Å². The molecule has 1 N–H and O–H groups in total. The van der Waals surface area contributed by atoms with Gasteiger partial charge in [-0.25, -0.2) is 4.68 Å². The number of hydrogen-bond acceptors (Lipinski definition) is 3. The van der Waals surface area contributed by atoms with Crippen molar-refractivity contribution in [2.45, 2.75) is 6.54 Å². The molecule has 0 amide bonds. The van der Waals surface area contributed by atoms with Crippen molar-refractivity contribution >= 4 is 15.9 Å². The molecule has 19 heavy (non-hydrogen) atoms. The van der Waals surface area contributed by atoms with E-state index in [-0.39, 0.29) is 0 Å². The molecule has 0 bridgehead atoms. The highest BCUT2D eigenvalue weighted by molar-refractivity contribution is 9.10. The highest BCUT2D eigenvalue weighted by Gasteiger charge is 2.11. The molecule has 1 saturated heterocycles. The molecule has 2 heterocycles. The van der Waals surface area contributed by atoms with Gasteiger partial charge in [-0.15, -0.1) is 0 Å². The molecule has 4 nitrogen and oxygen atoms in total. The lowest BCUT2D eigenvalue weighted by molar-refractivity contribution is 0.233. The van der Waals surface area contributed by atoms with E-state index < -0.39 is 0 Å². The van der Waals surface area contributed by atoms with Crippen molar-refractivity contribution in [3.63, 3.8) is 0 Å². The first kappa shape index (κ1) is 12.8. The van der Waals surface area contributed by atoms with Crippen molar-refractivity contribution in [3.05, 3.63) is 46.7 Å². The topological polar surface area (TPSA) is 33.1 Å². The van der Waals surface area contributed by atoms with Gasteiger partial charge in [-0.3, -0.25) is 4.90 Å². The molecule has 1 aromatic carbocycles. The predicted octanol–water partition coefficient (Wildman–Crippen LogP) is 2.04. The summed E-state index contributed by atoms with van der Waals surface area (Å²) in [7, 11) is 0. The van der Waals surface area contributed by atoms with Gasteiger partial charge in [-0.05, 0) is 24.3 Å². The maximum atomic E-state index is 4.44. The molecule has 0 atom stereocenters. The zero-order chi connectivity index (χ0) is 13.1. The van der Waals surface area contributed by atoms with Gasteiger partial charge < -0.3 is 5.32 Å². The SMILES string of the molecule is Brc1ccc(-n2cc(CN3CCNCC3)cn2)cc1. The second-order valence-corrected chi connectivity index (χ2v) is 5.71. The molecule has 1 aliphatic rings. The van der Waals surface area contributed by atoms with Crippen LogP contribution in [0.25, 0.3) is 5.69 Å². The summed E-state index contributed by atoms with van der Waals surface area (Å²) in [5.74, 6) is 0. The van der Waals surface area contributed by atoms with Crippen molar-refractivity contribution in [2.24, 2.45) is 0 Å². The zero-order valence-electron chi connectivity index (χ0n) is 10.7. The number of halogens is 1. The van der Waals surface area contributed by atoms with E-state index in [2.05, 4.69) is 49.6 Å². The summed E-state index contributed by atoms with van der Waals surface area (Å²) >= 11 is 3.45. The molecule has 0 aliphatic carbocycles. The first-order valence-corrected chi connectivity index (χ1v) is 7.33. The second-order valence-electron chi connectivity index (χ2n) is 4.80. The average molecular weight is 321 g/mol. The van der Waals surface area contributed by atoms with Gasteiger partial charge in [0.2, 0.25) is 0 Å². The van der Waals surface area contributed by atoms with Crippen LogP contribution >= 0.6 is 15.9 Å². The van der Waals surface area contributed by atoms with Gasteiger partial charge >= 0.3 is 0 Å². The Morgan fingerprint density at radius 3 is 2.63 bits per heavy atom. The Kier molecular flexibility index (Phi) is 3.96. The van der Waals surface area contributed by atoms with Gasteiger partial charge in [0, 0.05) is 49.0 Å². The number of hydrogen-bond donors (Lipinski definition) is 1.